The number of benzene rings is 2. The van der Waals surface area contributed by atoms with E-state index in [-0.39, 0.29) is 16.9 Å². The molecule has 3 aromatic rings. The van der Waals surface area contributed by atoms with Gasteiger partial charge >= 0.3 is 0 Å². The number of thiocarbonyl (C=S) groups is 1. The van der Waals surface area contributed by atoms with Crippen LogP contribution >= 0.6 is 12.2 Å². The van der Waals surface area contributed by atoms with E-state index in [4.69, 9.17) is 12.2 Å². The van der Waals surface area contributed by atoms with E-state index in [2.05, 4.69) is 22.4 Å². The molecule has 0 aliphatic heterocycles. The Bertz CT molecular complexity index is 1120. The Balaban J connectivity index is 2.17. The number of rotatable bonds is 5. The normalized spacial score (nSPS) is 11.2. The molecule has 0 aliphatic carbocycles. The Morgan fingerprint density at radius 2 is 1.89 bits per heavy atom. The van der Waals surface area contributed by atoms with Gasteiger partial charge in [0, 0.05) is 17.6 Å². The Kier molecular flexibility index (Phi) is 5.86. The summed E-state index contributed by atoms with van der Waals surface area (Å²) in [5, 5.41) is 18.7. The van der Waals surface area contributed by atoms with Crippen LogP contribution in [-0.2, 0) is 0 Å². The molecule has 0 fully saturated rings. The van der Waals surface area contributed by atoms with Gasteiger partial charge in [-0.3, -0.25) is 14.8 Å². The monoisotopic (exact) mass is 392 g/mol. The first-order valence-corrected chi connectivity index (χ1v) is 9.07. The highest BCUT2D eigenvalue weighted by Gasteiger charge is 2.19. The lowest BCUT2D eigenvalue weighted by Gasteiger charge is -2.15. The van der Waals surface area contributed by atoms with Crippen molar-refractivity contribution in [2.45, 2.75) is 6.92 Å². The molecule has 1 heterocycles. The van der Waals surface area contributed by atoms with Crippen LogP contribution in [0.3, 0.4) is 0 Å². The number of fused-ring (bicyclic) bond motifs is 1. The highest BCUT2D eigenvalue weighted by atomic mass is 32.1. The number of para-hydroxylation sites is 2. The maximum Gasteiger partial charge on any atom is 0.268 e. The third-order valence-electron chi connectivity index (χ3n) is 4.16. The van der Waals surface area contributed by atoms with E-state index < -0.39 is 0 Å². The molecule has 142 valence electrons. The Morgan fingerprint density at radius 3 is 2.61 bits per heavy atom. The predicted octanol–water partition coefficient (Wildman–Crippen LogP) is 3.07. The van der Waals surface area contributed by atoms with Crippen molar-refractivity contribution in [3.8, 4) is 11.4 Å². The summed E-state index contributed by atoms with van der Waals surface area (Å²) in [7, 11) is 0. The maximum absolute atomic E-state index is 13.3. The van der Waals surface area contributed by atoms with Crippen LogP contribution in [0.1, 0.15) is 12.5 Å². The molecular weight excluding hydrogens is 372 g/mol. The van der Waals surface area contributed by atoms with Crippen molar-refractivity contribution in [1.82, 2.24) is 15.3 Å². The quantitative estimate of drug-likeness (QED) is 0.269. The van der Waals surface area contributed by atoms with E-state index in [1.165, 1.54) is 0 Å². The molecule has 6 nitrogen and oxygen atoms in total. The van der Waals surface area contributed by atoms with Gasteiger partial charge in [-0.05, 0) is 43.4 Å². The van der Waals surface area contributed by atoms with Crippen LogP contribution in [0.4, 0.5) is 0 Å². The van der Waals surface area contributed by atoms with Crippen LogP contribution in [-0.4, -0.2) is 27.0 Å². The Hall–Kier alpha value is -3.45. The number of hydrazone groups is 1. The lowest BCUT2D eigenvalue weighted by Crippen LogP contribution is -2.33. The van der Waals surface area contributed by atoms with E-state index in [1.54, 1.807) is 29.7 Å². The molecule has 0 aliphatic rings. The third-order valence-corrected chi connectivity index (χ3v) is 4.40. The largest absolute Gasteiger partial charge is 0.506 e. The van der Waals surface area contributed by atoms with Gasteiger partial charge < -0.3 is 10.4 Å². The molecule has 0 atom stereocenters. The molecule has 0 spiro atoms. The van der Waals surface area contributed by atoms with Gasteiger partial charge in [-0.25, -0.2) is 0 Å². The van der Waals surface area contributed by atoms with E-state index in [0.717, 1.165) is 0 Å². The number of hydrogen-bond acceptors (Lipinski definition) is 4. The minimum atomic E-state index is -0.365. The lowest BCUT2D eigenvalue weighted by molar-refractivity contribution is 0.478. The molecule has 2 aromatic carbocycles. The Morgan fingerprint density at radius 1 is 1.21 bits per heavy atom. The predicted molar refractivity (Wildman–Crippen MR) is 117 cm³/mol. The van der Waals surface area contributed by atoms with Crippen LogP contribution < -0.4 is 16.3 Å². The summed E-state index contributed by atoms with van der Waals surface area (Å²) in [6.45, 7) is 5.73. The van der Waals surface area contributed by atoms with Crippen molar-refractivity contribution in [2.75, 3.05) is 6.54 Å². The summed E-state index contributed by atoms with van der Waals surface area (Å²) < 4.78 is 1.57. The summed E-state index contributed by atoms with van der Waals surface area (Å²) in [4.78, 5) is 13.3. The van der Waals surface area contributed by atoms with Gasteiger partial charge in [0.05, 0.1) is 11.2 Å². The van der Waals surface area contributed by atoms with E-state index >= 15 is 0 Å². The highest BCUT2D eigenvalue weighted by molar-refractivity contribution is 7.80. The average molecular weight is 392 g/mol. The summed E-state index contributed by atoms with van der Waals surface area (Å²) in [5.74, 6) is -0.110. The van der Waals surface area contributed by atoms with E-state index in [9.17, 15) is 9.90 Å². The van der Waals surface area contributed by atoms with E-state index in [0.29, 0.717) is 34.0 Å². The fourth-order valence-corrected chi connectivity index (χ4v) is 3.01. The standard InChI is InChI=1S/C21H20N4O2S/c1-3-13-22-21(28)24-23-14(2)18-19(26)16-11-7-8-12-17(16)25(20(18)27)15-9-5-4-6-10-15/h3-12,26H,1,13H2,2H3,(H2,22,24,28). The molecule has 28 heavy (non-hydrogen) atoms. The topological polar surface area (TPSA) is 78.7 Å². The molecule has 3 N–H and O–H groups in total. The number of nitrogens with one attached hydrogen (secondary N) is 2. The first kappa shape index (κ1) is 19.3. The SMILES string of the molecule is C=CCNC(=S)NN=C(C)c1c(O)c2ccccc2n(-c2ccccc2)c1=O. The van der Waals surface area contributed by atoms with Crippen LogP contribution in [0.5, 0.6) is 5.75 Å². The van der Waals surface area contributed by atoms with Crippen LogP contribution in [0.25, 0.3) is 16.6 Å². The Labute approximate surface area is 167 Å². The van der Waals surface area contributed by atoms with Crippen LogP contribution in [0.15, 0.2) is 77.1 Å². The highest BCUT2D eigenvalue weighted by Crippen LogP contribution is 2.28. The van der Waals surface area contributed by atoms with Gasteiger partial charge in [0.15, 0.2) is 5.11 Å². The molecule has 0 amide bonds. The van der Waals surface area contributed by atoms with Gasteiger partial charge in [-0.15, -0.1) is 6.58 Å². The fraction of sp³-hybridized carbons (Fsp3) is 0.0952. The van der Waals surface area contributed by atoms with Crippen molar-refractivity contribution < 1.29 is 5.11 Å². The minimum Gasteiger partial charge on any atom is -0.506 e. The second-order valence-corrected chi connectivity index (χ2v) is 6.43. The summed E-state index contributed by atoms with van der Waals surface area (Å²) >= 11 is 5.11. The molecular formula is C21H20N4O2S. The van der Waals surface area contributed by atoms with Gasteiger partial charge in [-0.2, -0.15) is 5.10 Å². The molecule has 0 saturated heterocycles. The zero-order valence-electron chi connectivity index (χ0n) is 15.3. The smallest absolute Gasteiger partial charge is 0.268 e. The maximum atomic E-state index is 13.3. The second kappa shape index (κ2) is 8.49. The molecule has 0 bridgehead atoms. The number of aromatic hydroxyl groups is 1. The van der Waals surface area contributed by atoms with Gasteiger partial charge in [0.25, 0.3) is 5.56 Å². The lowest BCUT2D eigenvalue weighted by atomic mass is 10.1. The molecule has 1 aromatic heterocycles. The zero-order chi connectivity index (χ0) is 20.1. The number of pyridine rings is 1. The van der Waals surface area contributed by atoms with Crippen LogP contribution in [0, 0.1) is 0 Å². The van der Waals surface area contributed by atoms with Gasteiger partial charge in [0.1, 0.15) is 11.3 Å². The van der Waals surface area contributed by atoms with Crippen LogP contribution in [0.2, 0.25) is 0 Å². The molecule has 7 heteroatoms. The van der Waals surface area contributed by atoms with E-state index in [1.807, 2.05) is 42.5 Å². The van der Waals surface area contributed by atoms with Gasteiger partial charge in [0.2, 0.25) is 0 Å². The molecule has 3 rings (SSSR count). The van der Waals surface area contributed by atoms with Crippen molar-refractivity contribution in [2.24, 2.45) is 5.10 Å². The summed E-state index contributed by atoms with van der Waals surface area (Å²) in [6.07, 6.45) is 1.66. The third kappa shape index (κ3) is 3.79. The zero-order valence-corrected chi connectivity index (χ0v) is 16.2. The molecule has 0 unspecified atom stereocenters. The summed E-state index contributed by atoms with van der Waals surface area (Å²) in [6, 6.07) is 16.5. The van der Waals surface area contributed by atoms with Crippen molar-refractivity contribution in [3.05, 3.63) is 83.2 Å². The number of nitrogens with zero attached hydrogens (tertiary/aromatic N) is 2. The first-order valence-electron chi connectivity index (χ1n) is 8.66. The average Bonchev–Trinajstić information content (AvgIpc) is 2.71. The number of aromatic nitrogens is 1. The number of hydrogen-bond donors (Lipinski definition) is 3. The fourth-order valence-electron chi connectivity index (χ4n) is 2.88. The second-order valence-electron chi connectivity index (χ2n) is 6.02. The van der Waals surface area contributed by atoms with Crippen molar-refractivity contribution >= 4 is 33.9 Å². The van der Waals surface area contributed by atoms with Crippen molar-refractivity contribution in [1.29, 1.82) is 0 Å². The first-order chi connectivity index (χ1) is 13.5. The van der Waals surface area contributed by atoms with Gasteiger partial charge in [-0.1, -0.05) is 36.4 Å². The summed E-state index contributed by atoms with van der Waals surface area (Å²) in [5.41, 5.74) is 4.06. The van der Waals surface area contributed by atoms with Crippen molar-refractivity contribution in [3.63, 3.8) is 0 Å². The minimum absolute atomic E-state index is 0.110. The molecule has 0 radical (unpaired) electrons. The molecule has 0 saturated carbocycles.